The minimum Gasteiger partial charge on any atom is -0.497 e. The Morgan fingerprint density at radius 2 is 1.95 bits per heavy atom. The topological polar surface area (TPSA) is 73.3 Å². The smallest absolute Gasteiger partial charge is 0.271 e. The number of rotatable bonds is 6. The van der Waals surface area contributed by atoms with Gasteiger partial charge in [0, 0.05) is 12.4 Å². The average molecular weight is 273 g/mol. The van der Waals surface area contributed by atoms with Crippen molar-refractivity contribution in [2.75, 3.05) is 20.3 Å². The minimum atomic E-state index is -0.267. The monoisotopic (exact) mass is 273 g/mol. The summed E-state index contributed by atoms with van der Waals surface area (Å²) in [5, 5.41) is 2.70. The number of hydrogen-bond donors (Lipinski definition) is 1. The molecule has 6 heteroatoms. The van der Waals surface area contributed by atoms with Crippen LogP contribution in [0.4, 0.5) is 0 Å². The Labute approximate surface area is 116 Å². The Hall–Kier alpha value is -2.63. The van der Waals surface area contributed by atoms with E-state index in [1.807, 2.05) is 24.3 Å². The van der Waals surface area contributed by atoms with Crippen LogP contribution in [0.3, 0.4) is 0 Å². The molecule has 0 fully saturated rings. The molecule has 0 aliphatic carbocycles. The zero-order valence-electron chi connectivity index (χ0n) is 11.1. The van der Waals surface area contributed by atoms with Crippen molar-refractivity contribution in [3.8, 4) is 11.5 Å². The van der Waals surface area contributed by atoms with Gasteiger partial charge in [-0.05, 0) is 24.3 Å². The highest BCUT2D eigenvalue weighted by Crippen LogP contribution is 2.16. The van der Waals surface area contributed by atoms with Crippen LogP contribution in [-0.2, 0) is 0 Å². The number of carbonyl (C=O) groups excluding carboxylic acids is 1. The van der Waals surface area contributed by atoms with Crippen LogP contribution in [0.5, 0.6) is 11.5 Å². The van der Waals surface area contributed by atoms with Crippen molar-refractivity contribution in [2.45, 2.75) is 0 Å². The summed E-state index contributed by atoms with van der Waals surface area (Å²) in [7, 11) is 1.61. The molecule has 1 aromatic carbocycles. The molecule has 1 N–H and O–H groups in total. The van der Waals surface area contributed by atoms with Gasteiger partial charge in [0.05, 0.1) is 19.9 Å². The number of hydrogen-bond acceptors (Lipinski definition) is 5. The molecule has 2 rings (SSSR count). The van der Waals surface area contributed by atoms with E-state index in [0.29, 0.717) is 13.2 Å². The van der Waals surface area contributed by atoms with E-state index in [2.05, 4.69) is 15.3 Å². The molecule has 1 amide bonds. The lowest BCUT2D eigenvalue weighted by Gasteiger charge is -2.08. The molecule has 104 valence electrons. The molecular weight excluding hydrogens is 258 g/mol. The van der Waals surface area contributed by atoms with E-state index in [-0.39, 0.29) is 11.6 Å². The van der Waals surface area contributed by atoms with Crippen molar-refractivity contribution in [1.82, 2.24) is 15.3 Å². The lowest BCUT2D eigenvalue weighted by molar-refractivity contribution is 0.0941. The summed E-state index contributed by atoms with van der Waals surface area (Å²) in [6.07, 6.45) is 4.41. The van der Waals surface area contributed by atoms with Gasteiger partial charge in [0.15, 0.2) is 0 Å². The summed E-state index contributed by atoms with van der Waals surface area (Å²) in [4.78, 5) is 19.4. The normalized spacial score (nSPS) is 9.85. The van der Waals surface area contributed by atoms with Gasteiger partial charge < -0.3 is 14.8 Å². The highest BCUT2D eigenvalue weighted by atomic mass is 16.5. The van der Waals surface area contributed by atoms with Crippen LogP contribution < -0.4 is 14.8 Å². The quantitative estimate of drug-likeness (QED) is 0.803. The second kappa shape index (κ2) is 7.08. The van der Waals surface area contributed by atoms with Crippen LogP contribution in [0.2, 0.25) is 0 Å². The summed E-state index contributed by atoms with van der Waals surface area (Å²) < 4.78 is 10.5. The third kappa shape index (κ3) is 3.94. The van der Waals surface area contributed by atoms with E-state index in [9.17, 15) is 4.79 Å². The van der Waals surface area contributed by atoms with Crippen molar-refractivity contribution in [3.05, 3.63) is 48.5 Å². The number of aromatic nitrogens is 2. The highest BCUT2D eigenvalue weighted by Gasteiger charge is 2.05. The van der Waals surface area contributed by atoms with E-state index in [4.69, 9.17) is 9.47 Å². The second-order valence-electron chi connectivity index (χ2n) is 3.87. The molecule has 0 aliphatic rings. The first kappa shape index (κ1) is 13.8. The van der Waals surface area contributed by atoms with Gasteiger partial charge in [-0.15, -0.1) is 0 Å². The maximum Gasteiger partial charge on any atom is 0.271 e. The van der Waals surface area contributed by atoms with Crippen LogP contribution in [0.15, 0.2) is 42.9 Å². The first-order chi connectivity index (χ1) is 9.79. The molecule has 0 atom stereocenters. The lowest BCUT2D eigenvalue weighted by Crippen LogP contribution is -2.28. The van der Waals surface area contributed by atoms with Crippen molar-refractivity contribution in [1.29, 1.82) is 0 Å². The molecule has 0 aliphatic heterocycles. The number of nitrogens with zero attached hydrogens (tertiary/aromatic N) is 2. The first-order valence-electron chi connectivity index (χ1n) is 6.10. The Morgan fingerprint density at radius 3 is 2.60 bits per heavy atom. The fourth-order valence-electron chi connectivity index (χ4n) is 1.51. The minimum absolute atomic E-state index is 0.267. The van der Waals surface area contributed by atoms with E-state index in [1.54, 1.807) is 7.11 Å². The van der Waals surface area contributed by atoms with E-state index >= 15 is 0 Å². The number of benzene rings is 1. The summed E-state index contributed by atoms with van der Waals surface area (Å²) in [5.74, 6) is 1.23. The third-order valence-corrected chi connectivity index (χ3v) is 2.51. The molecule has 0 radical (unpaired) electrons. The molecular formula is C14H15N3O3. The van der Waals surface area contributed by atoms with Crippen LogP contribution in [0.1, 0.15) is 10.5 Å². The second-order valence-corrected chi connectivity index (χ2v) is 3.87. The van der Waals surface area contributed by atoms with Crippen LogP contribution in [-0.4, -0.2) is 36.1 Å². The summed E-state index contributed by atoms with van der Waals surface area (Å²) in [6.45, 7) is 0.764. The van der Waals surface area contributed by atoms with Gasteiger partial charge in [-0.2, -0.15) is 0 Å². The van der Waals surface area contributed by atoms with Gasteiger partial charge in [0.25, 0.3) is 5.91 Å². The van der Waals surface area contributed by atoms with Crippen LogP contribution >= 0.6 is 0 Å². The first-order valence-corrected chi connectivity index (χ1v) is 6.10. The Kier molecular flexibility index (Phi) is 4.88. The molecule has 0 unspecified atom stereocenters. The number of amides is 1. The van der Waals surface area contributed by atoms with Gasteiger partial charge in [-0.1, -0.05) is 0 Å². The largest absolute Gasteiger partial charge is 0.497 e. The molecule has 0 saturated heterocycles. The molecule has 6 nitrogen and oxygen atoms in total. The summed E-state index contributed by atoms with van der Waals surface area (Å²) in [6, 6.07) is 7.24. The van der Waals surface area contributed by atoms with Crippen LogP contribution in [0, 0.1) is 0 Å². The molecule has 0 saturated carbocycles. The third-order valence-electron chi connectivity index (χ3n) is 2.51. The van der Waals surface area contributed by atoms with Gasteiger partial charge in [0.2, 0.25) is 0 Å². The van der Waals surface area contributed by atoms with Gasteiger partial charge in [0.1, 0.15) is 23.8 Å². The molecule has 2 aromatic rings. The fourth-order valence-corrected chi connectivity index (χ4v) is 1.51. The summed E-state index contributed by atoms with van der Waals surface area (Å²) in [5.41, 5.74) is 0.289. The van der Waals surface area contributed by atoms with Crippen LogP contribution in [0.25, 0.3) is 0 Å². The zero-order chi connectivity index (χ0) is 14.2. The Morgan fingerprint density at radius 1 is 1.20 bits per heavy atom. The van der Waals surface area contributed by atoms with Crippen molar-refractivity contribution in [3.63, 3.8) is 0 Å². The Bertz CT molecular complexity index is 543. The van der Waals surface area contributed by atoms with Gasteiger partial charge in [-0.3, -0.25) is 9.78 Å². The zero-order valence-corrected chi connectivity index (χ0v) is 11.1. The lowest BCUT2D eigenvalue weighted by atomic mass is 10.3. The predicted octanol–water partition coefficient (Wildman–Crippen LogP) is 1.29. The molecule has 0 spiro atoms. The van der Waals surface area contributed by atoms with Crippen molar-refractivity contribution in [2.24, 2.45) is 0 Å². The molecule has 1 aromatic heterocycles. The summed E-state index contributed by atoms with van der Waals surface area (Å²) >= 11 is 0. The molecule has 1 heterocycles. The number of carbonyl (C=O) groups is 1. The average Bonchev–Trinajstić information content (AvgIpc) is 2.53. The highest BCUT2D eigenvalue weighted by molar-refractivity contribution is 5.91. The maximum absolute atomic E-state index is 11.7. The van der Waals surface area contributed by atoms with E-state index in [1.165, 1.54) is 18.6 Å². The molecule has 20 heavy (non-hydrogen) atoms. The van der Waals surface area contributed by atoms with Crippen molar-refractivity contribution < 1.29 is 14.3 Å². The number of nitrogens with one attached hydrogen (secondary N) is 1. The van der Waals surface area contributed by atoms with Gasteiger partial charge in [-0.25, -0.2) is 4.98 Å². The maximum atomic E-state index is 11.7. The predicted molar refractivity (Wildman–Crippen MR) is 72.9 cm³/mol. The van der Waals surface area contributed by atoms with E-state index < -0.39 is 0 Å². The van der Waals surface area contributed by atoms with Gasteiger partial charge >= 0.3 is 0 Å². The van der Waals surface area contributed by atoms with E-state index in [0.717, 1.165) is 11.5 Å². The number of ether oxygens (including phenoxy) is 2. The molecule has 0 bridgehead atoms. The fraction of sp³-hybridized carbons (Fsp3) is 0.214. The Balaban J connectivity index is 1.72. The standard InChI is InChI=1S/C14H15N3O3/c1-19-11-2-4-12(5-3-11)20-9-8-17-14(18)13-10-15-6-7-16-13/h2-7,10H,8-9H2,1H3,(H,17,18). The number of methoxy groups -OCH3 is 1. The SMILES string of the molecule is COc1ccc(OCCNC(=O)c2cnccn2)cc1. The van der Waals surface area contributed by atoms with Crippen molar-refractivity contribution >= 4 is 5.91 Å².